The minimum Gasteiger partial charge on any atom is -0.494 e. The summed E-state index contributed by atoms with van der Waals surface area (Å²) in [5, 5.41) is 7.76. The predicted molar refractivity (Wildman–Crippen MR) is 118 cm³/mol. The normalized spacial score (nSPS) is 20.4. The number of hydrogen-bond acceptors (Lipinski definition) is 4. The molecule has 0 bridgehead atoms. The maximum atomic E-state index is 12.9. The van der Waals surface area contributed by atoms with Crippen molar-refractivity contribution in [3.63, 3.8) is 0 Å². The van der Waals surface area contributed by atoms with Crippen LogP contribution in [0.25, 0.3) is 5.69 Å². The fourth-order valence-corrected chi connectivity index (χ4v) is 4.70. The zero-order valence-corrected chi connectivity index (χ0v) is 18.3. The number of aromatic nitrogens is 2. The van der Waals surface area contributed by atoms with Crippen molar-refractivity contribution < 1.29 is 9.53 Å². The summed E-state index contributed by atoms with van der Waals surface area (Å²) in [6.07, 6.45) is 9.42. The van der Waals surface area contributed by atoms with E-state index in [1.54, 1.807) is 4.68 Å². The molecule has 1 atom stereocenters. The number of carbonyl (C=O) groups is 1. The van der Waals surface area contributed by atoms with Crippen LogP contribution in [-0.2, 0) is 0 Å². The van der Waals surface area contributed by atoms with Gasteiger partial charge in [-0.1, -0.05) is 19.3 Å². The maximum absolute atomic E-state index is 12.9. The third-order valence-electron chi connectivity index (χ3n) is 6.48. The van der Waals surface area contributed by atoms with Crippen LogP contribution in [0.5, 0.6) is 5.75 Å². The monoisotopic (exact) mass is 410 g/mol. The van der Waals surface area contributed by atoms with Gasteiger partial charge < -0.3 is 15.0 Å². The molecule has 1 saturated heterocycles. The van der Waals surface area contributed by atoms with Crippen LogP contribution >= 0.6 is 0 Å². The highest BCUT2D eigenvalue weighted by atomic mass is 16.5. The van der Waals surface area contributed by atoms with Gasteiger partial charge in [-0.25, -0.2) is 4.68 Å². The highest BCUT2D eigenvalue weighted by Gasteiger charge is 2.21. The Balaban J connectivity index is 1.38. The zero-order chi connectivity index (χ0) is 20.9. The number of nitrogens with zero attached hydrogens (tertiary/aromatic N) is 3. The molecule has 1 aliphatic carbocycles. The van der Waals surface area contributed by atoms with Crippen molar-refractivity contribution in [2.24, 2.45) is 0 Å². The molecule has 6 heteroatoms. The molecule has 2 aliphatic rings. The van der Waals surface area contributed by atoms with Gasteiger partial charge in [0.2, 0.25) is 0 Å². The Bertz CT molecular complexity index is 839. The Morgan fingerprint density at radius 3 is 2.60 bits per heavy atom. The Kier molecular flexibility index (Phi) is 6.72. The molecule has 1 amide bonds. The molecule has 162 valence electrons. The molecule has 30 heavy (non-hydrogen) atoms. The Labute approximate surface area is 179 Å². The van der Waals surface area contributed by atoms with Gasteiger partial charge in [-0.2, -0.15) is 5.10 Å². The SMILES string of the molecule is Cc1cc(C(=O)NC2CCCCC2)n(-c2ccc(OCCC3CCCN3C)cc2)n1. The van der Waals surface area contributed by atoms with Crippen LogP contribution in [0.4, 0.5) is 0 Å². The van der Waals surface area contributed by atoms with Crippen molar-refractivity contribution in [3.05, 3.63) is 41.7 Å². The van der Waals surface area contributed by atoms with E-state index in [0.717, 1.165) is 43.0 Å². The van der Waals surface area contributed by atoms with Gasteiger partial charge in [-0.3, -0.25) is 4.79 Å². The quantitative estimate of drug-likeness (QED) is 0.746. The lowest BCUT2D eigenvalue weighted by atomic mass is 9.95. The molecule has 1 aliphatic heterocycles. The van der Waals surface area contributed by atoms with E-state index in [1.807, 2.05) is 37.3 Å². The number of likely N-dealkylation sites (tertiary alicyclic amines) is 1. The lowest BCUT2D eigenvalue weighted by Gasteiger charge is -2.22. The molecular formula is C24H34N4O2. The Morgan fingerprint density at radius 1 is 1.13 bits per heavy atom. The first-order valence-electron chi connectivity index (χ1n) is 11.4. The van der Waals surface area contributed by atoms with E-state index in [2.05, 4.69) is 22.4 Å². The molecule has 1 aromatic carbocycles. The van der Waals surface area contributed by atoms with Crippen LogP contribution in [0.15, 0.2) is 30.3 Å². The predicted octanol–water partition coefficient (Wildman–Crippen LogP) is 4.11. The summed E-state index contributed by atoms with van der Waals surface area (Å²) in [4.78, 5) is 15.3. The number of carbonyl (C=O) groups excluding carboxylic acids is 1. The highest BCUT2D eigenvalue weighted by Crippen LogP contribution is 2.22. The molecule has 2 heterocycles. The van der Waals surface area contributed by atoms with Gasteiger partial charge in [-0.05, 0) is 83.0 Å². The first-order chi connectivity index (χ1) is 14.6. The van der Waals surface area contributed by atoms with Gasteiger partial charge in [0.25, 0.3) is 5.91 Å². The van der Waals surface area contributed by atoms with Crippen LogP contribution in [-0.4, -0.2) is 52.9 Å². The highest BCUT2D eigenvalue weighted by molar-refractivity contribution is 5.93. The number of aryl methyl sites for hydroxylation is 1. The van der Waals surface area contributed by atoms with E-state index in [0.29, 0.717) is 11.7 Å². The van der Waals surface area contributed by atoms with E-state index >= 15 is 0 Å². The van der Waals surface area contributed by atoms with E-state index in [9.17, 15) is 4.79 Å². The van der Waals surface area contributed by atoms with Crippen molar-refractivity contribution in [3.8, 4) is 11.4 Å². The van der Waals surface area contributed by atoms with Crippen LogP contribution in [0, 0.1) is 6.92 Å². The van der Waals surface area contributed by atoms with Gasteiger partial charge in [0.1, 0.15) is 11.4 Å². The van der Waals surface area contributed by atoms with Crippen molar-refractivity contribution in [1.29, 1.82) is 0 Å². The van der Waals surface area contributed by atoms with E-state index in [-0.39, 0.29) is 11.9 Å². The second-order valence-electron chi connectivity index (χ2n) is 8.80. The number of benzene rings is 1. The molecule has 0 radical (unpaired) electrons. The van der Waals surface area contributed by atoms with Gasteiger partial charge in [0.15, 0.2) is 0 Å². The van der Waals surface area contributed by atoms with E-state index in [1.165, 1.54) is 38.6 Å². The zero-order valence-electron chi connectivity index (χ0n) is 18.3. The van der Waals surface area contributed by atoms with Crippen molar-refractivity contribution in [1.82, 2.24) is 20.0 Å². The first-order valence-corrected chi connectivity index (χ1v) is 11.4. The summed E-state index contributed by atoms with van der Waals surface area (Å²) in [6.45, 7) is 3.84. The Hall–Kier alpha value is -2.34. The fraction of sp³-hybridized carbons (Fsp3) is 0.583. The number of nitrogens with one attached hydrogen (secondary N) is 1. The van der Waals surface area contributed by atoms with Gasteiger partial charge in [0, 0.05) is 12.1 Å². The van der Waals surface area contributed by atoms with Crippen molar-refractivity contribution in [2.75, 3.05) is 20.2 Å². The summed E-state index contributed by atoms with van der Waals surface area (Å²) in [7, 11) is 2.19. The molecule has 2 aromatic rings. The number of hydrogen-bond donors (Lipinski definition) is 1. The molecule has 4 rings (SSSR count). The summed E-state index contributed by atoms with van der Waals surface area (Å²) in [5.41, 5.74) is 2.31. The summed E-state index contributed by atoms with van der Waals surface area (Å²) >= 11 is 0. The fourth-order valence-electron chi connectivity index (χ4n) is 4.70. The summed E-state index contributed by atoms with van der Waals surface area (Å²) < 4.78 is 7.70. The average molecular weight is 411 g/mol. The standard InChI is InChI=1S/C24H34N4O2/c1-18-17-23(24(29)25-19-7-4-3-5-8-19)28(26-18)21-10-12-22(13-11-21)30-16-14-20-9-6-15-27(20)2/h10-13,17,19-20H,3-9,14-16H2,1-2H3,(H,25,29). The molecule has 1 unspecified atom stereocenters. The molecule has 6 nitrogen and oxygen atoms in total. The van der Waals surface area contributed by atoms with Crippen molar-refractivity contribution in [2.45, 2.75) is 70.4 Å². The minimum atomic E-state index is -0.0384. The largest absolute Gasteiger partial charge is 0.494 e. The van der Waals surface area contributed by atoms with Gasteiger partial charge in [0.05, 0.1) is 18.0 Å². The third-order valence-corrected chi connectivity index (χ3v) is 6.48. The molecule has 1 N–H and O–H groups in total. The smallest absolute Gasteiger partial charge is 0.270 e. The maximum Gasteiger partial charge on any atom is 0.270 e. The van der Waals surface area contributed by atoms with Crippen LogP contribution < -0.4 is 10.1 Å². The minimum absolute atomic E-state index is 0.0384. The molecule has 0 spiro atoms. The number of rotatable bonds is 7. The van der Waals surface area contributed by atoms with Crippen molar-refractivity contribution >= 4 is 5.91 Å². The second-order valence-corrected chi connectivity index (χ2v) is 8.80. The lowest BCUT2D eigenvalue weighted by molar-refractivity contribution is 0.0920. The summed E-state index contributed by atoms with van der Waals surface area (Å²) in [5.74, 6) is 0.819. The first kappa shape index (κ1) is 20.9. The average Bonchev–Trinajstić information content (AvgIpc) is 3.35. The lowest BCUT2D eigenvalue weighted by Crippen LogP contribution is -2.37. The summed E-state index contributed by atoms with van der Waals surface area (Å²) in [6, 6.07) is 10.7. The third kappa shape index (κ3) is 5.04. The van der Waals surface area contributed by atoms with Crippen LogP contribution in [0.1, 0.15) is 67.5 Å². The molecule has 1 aromatic heterocycles. The van der Waals surface area contributed by atoms with Crippen LogP contribution in [0.2, 0.25) is 0 Å². The number of amides is 1. The van der Waals surface area contributed by atoms with Crippen LogP contribution in [0.3, 0.4) is 0 Å². The van der Waals surface area contributed by atoms with Gasteiger partial charge in [-0.15, -0.1) is 0 Å². The second kappa shape index (κ2) is 9.65. The number of ether oxygens (including phenoxy) is 1. The molecule has 2 fully saturated rings. The molecular weight excluding hydrogens is 376 g/mol. The topological polar surface area (TPSA) is 59.4 Å². The van der Waals surface area contributed by atoms with E-state index in [4.69, 9.17) is 4.74 Å². The Morgan fingerprint density at radius 2 is 1.90 bits per heavy atom. The van der Waals surface area contributed by atoms with Gasteiger partial charge >= 0.3 is 0 Å². The van der Waals surface area contributed by atoms with E-state index < -0.39 is 0 Å². The molecule has 1 saturated carbocycles.